The van der Waals surface area contributed by atoms with Gasteiger partial charge in [0, 0.05) is 9.24 Å². The SMILES string of the molecule is [2H]C([2H])(CC)n1c(=O)c2cccc(F)c2n2c(=S)[nH]nc12. The molecule has 0 saturated heterocycles. The van der Waals surface area contributed by atoms with E-state index in [0.717, 1.165) is 4.57 Å². The van der Waals surface area contributed by atoms with Crippen molar-refractivity contribution in [3.63, 3.8) is 0 Å². The lowest BCUT2D eigenvalue weighted by Gasteiger charge is -2.09. The zero-order valence-corrected chi connectivity index (χ0v) is 10.8. The summed E-state index contributed by atoms with van der Waals surface area (Å²) in [6.07, 6.45) is 0.0585. The number of nitrogens with zero attached hydrogens (tertiary/aromatic N) is 3. The van der Waals surface area contributed by atoms with Crippen LogP contribution in [0.15, 0.2) is 23.0 Å². The number of para-hydroxylation sites is 1. The van der Waals surface area contributed by atoms with E-state index >= 15 is 0 Å². The largest absolute Gasteiger partial charge is 0.276 e. The molecule has 0 atom stereocenters. The van der Waals surface area contributed by atoms with Crippen LogP contribution in [-0.2, 0) is 6.50 Å². The van der Waals surface area contributed by atoms with E-state index in [1.807, 2.05) is 0 Å². The molecule has 3 rings (SSSR count). The van der Waals surface area contributed by atoms with Gasteiger partial charge in [0.2, 0.25) is 10.5 Å². The fourth-order valence-corrected chi connectivity index (χ4v) is 2.29. The number of rotatable bonds is 2. The van der Waals surface area contributed by atoms with Gasteiger partial charge in [-0.25, -0.2) is 9.49 Å². The molecule has 1 N–H and O–H groups in total. The molecule has 0 spiro atoms. The van der Waals surface area contributed by atoms with Crippen molar-refractivity contribution in [2.24, 2.45) is 0 Å². The van der Waals surface area contributed by atoms with Crippen LogP contribution in [0.1, 0.15) is 16.1 Å². The highest BCUT2D eigenvalue weighted by molar-refractivity contribution is 7.71. The zero-order valence-electron chi connectivity index (χ0n) is 12.0. The molecule has 0 unspecified atom stereocenters. The van der Waals surface area contributed by atoms with Gasteiger partial charge in [-0.1, -0.05) is 13.0 Å². The average molecular weight is 280 g/mol. The number of benzene rings is 1. The molecule has 5 nitrogen and oxygen atoms in total. The maximum Gasteiger partial charge on any atom is 0.262 e. The molecular weight excluding hydrogens is 267 g/mol. The highest BCUT2D eigenvalue weighted by Crippen LogP contribution is 2.16. The van der Waals surface area contributed by atoms with Crippen LogP contribution < -0.4 is 5.56 Å². The predicted molar refractivity (Wildman–Crippen MR) is 72.4 cm³/mol. The first-order chi connectivity index (χ1) is 9.88. The highest BCUT2D eigenvalue weighted by Gasteiger charge is 2.15. The molecule has 2 heterocycles. The molecule has 19 heavy (non-hydrogen) atoms. The lowest BCUT2D eigenvalue weighted by atomic mass is 10.2. The first-order valence-electron chi connectivity index (χ1n) is 6.69. The molecule has 3 aromatic rings. The molecule has 0 radical (unpaired) electrons. The summed E-state index contributed by atoms with van der Waals surface area (Å²) in [5.41, 5.74) is -0.641. The fourth-order valence-electron chi connectivity index (χ4n) is 2.07. The topological polar surface area (TPSA) is 55.1 Å². The highest BCUT2D eigenvalue weighted by atomic mass is 32.1. The second-order valence-electron chi connectivity index (χ2n) is 3.95. The smallest absolute Gasteiger partial charge is 0.262 e. The number of nitrogens with one attached hydrogen (secondary N) is 1. The first kappa shape index (κ1) is 9.85. The molecule has 0 aliphatic carbocycles. The van der Waals surface area contributed by atoms with Crippen molar-refractivity contribution in [1.82, 2.24) is 19.2 Å². The van der Waals surface area contributed by atoms with Crippen LogP contribution in [0, 0.1) is 10.6 Å². The minimum atomic E-state index is -1.96. The van der Waals surface area contributed by atoms with Crippen LogP contribution in [-0.4, -0.2) is 19.2 Å². The maximum atomic E-state index is 14.1. The quantitative estimate of drug-likeness (QED) is 0.733. The molecule has 0 amide bonds. The number of aryl methyl sites for hydroxylation is 1. The van der Waals surface area contributed by atoms with E-state index < -0.39 is 17.9 Å². The summed E-state index contributed by atoms with van der Waals surface area (Å²) in [6, 6.07) is 4.06. The Balaban J connectivity index is 2.71. The van der Waals surface area contributed by atoms with Crippen LogP contribution in [0.3, 0.4) is 0 Å². The van der Waals surface area contributed by atoms with Crippen molar-refractivity contribution in [2.45, 2.75) is 19.8 Å². The third-order valence-electron chi connectivity index (χ3n) is 2.81. The van der Waals surface area contributed by atoms with Gasteiger partial charge in [0.25, 0.3) is 5.56 Å². The Kier molecular flexibility index (Phi) is 2.21. The second-order valence-corrected chi connectivity index (χ2v) is 4.34. The zero-order chi connectivity index (χ0) is 15.4. The molecule has 98 valence electrons. The summed E-state index contributed by atoms with van der Waals surface area (Å²) in [4.78, 5) is 12.6. The second kappa shape index (κ2) is 4.27. The van der Waals surface area contributed by atoms with Gasteiger partial charge in [-0.3, -0.25) is 13.8 Å². The van der Waals surface area contributed by atoms with Crippen molar-refractivity contribution in [3.05, 3.63) is 39.1 Å². The van der Waals surface area contributed by atoms with Gasteiger partial charge in [-0.2, -0.15) is 0 Å². The van der Waals surface area contributed by atoms with Crippen molar-refractivity contribution >= 4 is 28.9 Å². The lowest BCUT2D eigenvalue weighted by Crippen LogP contribution is -2.23. The molecule has 2 aromatic heterocycles. The van der Waals surface area contributed by atoms with Crippen LogP contribution >= 0.6 is 12.2 Å². The molecule has 1 aromatic carbocycles. The Bertz CT molecular complexity index is 975. The minimum absolute atomic E-state index is 0.000553. The average Bonchev–Trinajstić information content (AvgIpc) is 2.81. The third-order valence-corrected chi connectivity index (χ3v) is 3.09. The normalized spacial score (nSPS) is 13.8. The molecule has 0 bridgehead atoms. The monoisotopic (exact) mass is 280 g/mol. The van der Waals surface area contributed by atoms with Crippen molar-refractivity contribution in [3.8, 4) is 0 Å². The van der Waals surface area contributed by atoms with E-state index in [9.17, 15) is 9.18 Å². The molecule has 0 aliphatic rings. The van der Waals surface area contributed by atoms with Gasteiger partial charge in [0.15, 0.2) is 0 Å². The lowest BCUT2D eigenvalue weighted by molar-refractivity contribution is 0.628. The van der Waals surface area contributed by atoms with Crippen LogP contribution in [0.2, 0.25) is 0 Å². The van der Waals surface area contributed by atoms with Crippen molar-refractivity contribution in [2.75, 3.05) is 0 Å². The summed E-state index contributed by atoms with van der Waals surface area (Å²) >= 11 is 5.08. The maximum absolute atomic E-state index is 14.1. The Hall–Kier alpha value is -2.02. The van der Waals surface area contributed by atoms with E-state index in [1.54, 1.807) is 6.92 Å². The number of H-pyrrole nitrogens is 1. The van der Waals surface area contributed by atoms with E-state index in [2.05, 4.69) is 10.2 Å². The number of aromatic amines is 1. The standard InChI is InChI=1S/C12H11FN4OS/c1-2-6-16-10(18)7-4-3-5-8(13)9(7)17-11(16)14-15-12(17)19/h3-5H,2,6H2,1H3,(H,15,19)/i6D2. The Morgan fingerprint density at radius 3 is 3.11 bits per heavy atom. The number of hydrogen-bond acceptors (Lipinski definition) is 3. The Labute approximate surface area is 115 Å². The summed E-state index contributed by atoms with van der Waals surface area (Å²) in [7, 11) is 0. The van der Waals surface area contributed by atoms with Gasteiger partial charge in [0.05, 0.1) is 10.9 Å². The summed E-state index contributed by atoms with van der Waals surface area (Å²) in [5, 5.41) is 6.42. The molecule has 7 heteroatoms. The van der Waals surface area contributed by atoms with Gasteiger partial charge in [-0.05, 0) is 30.8 Å². The van der Waals surface area contributed by atoms with E-state index in [1.165, 1.54) is 22.6 Å². The fraction of sp³-hybridized carbons (Fsp3) is 0.250. The summed E-state index contributed by atoms with van der Waals surface area (Å²) in [5.74, 6) is -0.661. The predicted octanol–water partition coefficient (Wildman–Crippen LogP) is 2.26. The van der Waals surface area contributed by atoms with Crippen molar-refractivity contribution in [1.29, 1.82) is 0 Å². The van der Waals surface area contributed by atoms with E-state index in [0.29, 0.717) is 0 Å². The van der Waals surface area contributed by atoms with E-state index in [4.69, 9.17) is 15.0 Å². The van der Waals surface area contributed by atoms with Crippen molar-refractivity contribution < 1.29 is 7.13 Å². The minimum Gasteiger partial charge on any atom is -0.276 e. The number of hydrogen-bond donors (Lipinski definition) is 1. The number of halogens is 1. The van der Waals surface area contributed by atoms with Crippen LogP contribution in [0.5, 0.6) is 0 Å². The molecule has 0 fully saturated rings. The van der Waals surface area contributed by atoms with E-state index in [-0.39, 0.29) is 27.9 Å². The van der Waals surface area contributed by atoms with Gasteiger partial charge >= 0.3 is 0 Å². The van der Waals surface area contributed by atoms with Gasteiger partial charge in [-0.15, -0.1) is 5.10 Å². The molecule has 0 aliphatic heterocycles. The molecule has 0 saturated carbocycles. The molecular formula is C12H11FN4OS. The third kappa shape index (κ3) is 1.61. The first-order valence-corrected chi connectivity index (χ1v) is 6.10. The Morgan fingerprint density at radius 2 is 2.37 bits per heavy atom. The number of fused-ring (bicyclic) bond motifs is 3. The Morgan fingerprint density at radius 1 is 1.58 bits per heavy atom. The summed E-state index contributed by atoms with van der Waals surface area (Å²) < 4.78 is 32.4. The number of aromatic nitrogens is 4. The van der Waals surface area contributed by atoms with Gasteiger partial charge < -0.3 is 0 Å². The summed E-state index contributed by atoms with van der Waals surface area (Å²) in [6.45, 7) is -0.347. The van der Waals surface area contributed by atoms with Crippen LogP contribution in [0.25, 0.3) is 16.7 Å². The van der Waals surface area contributed by atoms with Crippen LogP contribution in [0.4, 0.5) is 4.39 Å². The van der Waals surface area contributed by atoms with Gasteiger partial charge in [0.1, 0.15) is 5.82 Å².